The summed E-state index contributed by atoms with van der Waals surface area (Å²) in [6.07, 6.45) is 2.58. The van der Waals surface area contributed by atoms with Crippen molar-refractivity contribution < 1.29 is 4.74 Å². The number of piperidine rings is 1. The lowest BCUT2D eigenvalue weighted by Crippen LogP contribution is -2.44. The van der Waals surface area contributed by atoms with E-state index in [1.54, 1.807) is 7.11 Å². The Bertz CT molecular complexity index is 154. The van der Waals surface area contributed by atoms with Gasteiger partial charge in [0.1, 0.15) is 0 Å². The Morgan fingerprint density at radius 2 is 2.00 bits per heavy atom. The molecule has 0 spiro atoms. The predicted octanol–water partition coefficient (Wildman–Crippen LogP) is 1.34. The normalized spacial score (nSPS) is 20.0. The van der Waals surface area contributed by atoms with Gasteiger partial charge in [-0.05, 0) is 31.8 Å². The van der Waals surface area contributed by atoms with Gasteiger partial charge in [-0.25, -0.2) is 0 Å². The second-order valence-corrected chi connectivity index (χ2v) is 4.92. The summed E-state index contributed by atoms with van der Waals surface area (Å²) in [6, 6.07) is 0.712. The van der Waals surface area contributed by atoms with E-state index in [-0.39, 0.29) is 0 Å². The second kappa shape index (κ2) is 7.20. The van der Waals surface area contributed by atoms with Gasteiger partial charge in [0.05, 0.1) is 6.61 Å². The van der Waals surface area contributed by atoms with Crippen molar-refractivity contribution in [3.05, 3.63) is 0 Å². The molecule has 3 nitrogen and oxygen atoms in total. The van der Waals surface area contributed by atoms with E-state index in [1.165, 1.54) is 32.5 Å². The monoisotopic (exact) mass is 214 g/mol. The minimum absolute atomic E-state index is 0.712. The molecule has 0 aromatic heterocycles. The molecule has 0 aromatic carbocycles. The number of nitrogens with one attached hydrogen (secondary N) is 1. The Kier molecular flexibility index (Phi) is 6.22. The van der Waals surface area contributed by atoms with Crippen molar-refractivity contribution in [2.45, 2.75) is 32.7 Å². The average molecular weight is 214 g/mol. The zero-order valence-electron chi connectivity index (χ0n) is 10.5. The fourth-order valence-electron chi connectivity index (χ4n) is 2.20. The van der Waals surface area contributed by atoms with Crippen LogP contribution >= 0.6 is 0 Å². The molecule has 1 rings (SSSR count). The van der Waals surface area contributed by atoms with Crippen molar-refractivity contribution in [3.63, 3.8) is 0 Å². The summed E-state index contributed by atoms with van der Waals surface area (Å²) in [6.45, 7) is 10.2. The molecule has 0 atom stereocenters. The number of ether oxygens (including phenoxy) is 1. The van der Waals surface area contributed by atoms with Crippen LogP contribution in [0.5, 0.6) is 0 Å². The third-order valence-electron chi connectivity index (χ3n) is 2.95. The number of methoxy groups -OCH3 is 1. The van der Waals surface area contributed by atoms with Gasteiger partial charge in [-0.3, -0.25) is 0 Å². The van der Waals surface area contributed by atoms with Crippen molar-refractivity contribution in [1.82, 2.24) is 10.2 Å². The topological polar surface area (TPSA) is 24.5 Å². The van der Waals surface area contributed by atoms with Gasteiger partial charge in [0, 0.05) is 26.2 Å². The van der Waals surface area contributed by atoms with E-state index in [2.05, 4.69) is 24.1 Å². The zero-order chi connectivity index (χ0) is 11.1. The minimum Gasteiger partial charge on any atom is -0.383 e. The summed E-state index contributed by atoms with van der Waals surface area (Å²) in [5.41, 5.74) is 0. The highest BCUT2D eigenvalue weighted by Crippen LogP contribution is 2.11. The quantitative estimate of drug-likeness (QED) is 0.675. The first-order valence-corrected chi connectivity index (χ1v) is 6.17. The maximum absolute atomic E-state index is 5.03. The first kappa shape index (κ1) is 12.9. The summed E-state index contributed by atoms with van der Waals surface area (Å²) in [7, 11) is 1.76. The Labute approximate surface area is 94.2 Å². The van der Waals surface area contributed by atoms with E-state index in [4.69, 9.17) is 4.74 Å². The molecule has 1 aliphatic rings. The van der Waals surface area contributed by atoms with Gasteiger partial charge in [0.2, 0.25) is 0 Å². The van der Waals surface area contributed by atoms with Crippen LogP contribution in [0.25, 0.3) is 0 Å². The van der Waals surface area contributed by atoms with Crippen molar-refractivity contribution in [1.29, 1.82) is 0 Å². The van der Waals surface area contributed by atoms with Crippen LogP contribution in [0.4, 0.5) is 0 Å². The lowest BCUT2D eigenvalue weighted by molar-refractivity contribution is 0.163. The number of likely N-dealkylation sites (tertiary alicyclic amines) is 1. The van der Waals surface area contributed by atoms with Crippen LogP contribution in [-0.2, 0) is 4.74 Å². The molecule has 3 heteroatoms. The fraction of sp³-hybridized carbons (Fsp3) is 1.00. The van der Waals surface area contributed by atoms with Gasteiger partial charge in [0.25, 0.3) is 0 Å². The molecule has 15 heavy (non-hydrogen) atoms. The van der Waals surface area contributed by atoms with Crippen LogP contribution in [-0.4, -0.2) is 50.8 Å². The molecule has 0 radical (unpaired) electrons. The van der Waals surface area contributed by atoms with Crippen molar-refractivity contribution in [2.24, 2.45) is 5.92 Å². The van der Waals surface area contributed by atoms with Crippen molar-refractivity contribution >= 4 is 0 Å². The van der Waals surface area contributed by atoms with E-state index in [9.17, 15) is 0 Å². The van der Waals surface area contributed by atoms with E-state index < -0.39 is 0 Å². The van der Waals surface area contributed by atoms with Gasteiger partial charge in [-0.15, -0.1) is 0 Å². The minimum atomic E-state index is 0.712. The lowest BCUT2D eigenvalue weighted by Gasteiger charge is -2.33. The van der Waals surface area contributed by atoms with Gasteiger partial charge >= 0.3 is 0 Å². The first-order chi connectivity index (χ1) is 7.22. The van der Waals surface area contributed by atoms with Crippen LogP contribution < -0.4 is 5.32 Å². The molecule has 1 heterocycles. The van der Waals surface area contributed by atoms with E-state index in [0.29, 0.717) is 6.04 Å². The summed E-state index contributed by atoms with van der Waals surface area (Å²) < 4.78 is 5.03. The van der Waals surface area contributed by atoms with Crippen molar-refractivity contribution in [3.8, 4) is 0 Å². The third kappa shape index (κ3) is 5.50. The number of hydrogen-bond acceptors (Lipinski definition) is 3. The fourth-order valence-corrected chi connectivity index (χ4v) is 2.20. The molecular weight excluding hydrogens is 188 g/mol. The highest BCUT2D eigenvalue weighted by molar-refractivity contribution is 4.77. The van der Waals surface area contributed by atoms with E-state index >= 15 is 0 Å². The highest BCUT2D eigenvalue weighted by Gasteiger charge is 2.18. The molecule has 1 N–H and O–H groups in total. The molecule has 1 fully saturated rings. The Morgan fingerprint density at radius 3 is 2.53 bits per heavy atom. The maximum Gasteiger partial charge on any atom is 0.0587 e. The van der Waals surface area contributed by atoms with Crippen LogP contribution in [0, 0.1) is 5.92 Å². The summed E-state index contributed by atoms with van der Waals surface area (Å²) in [5, 5.41) is 3.54. The summed E-state index contributed by atoms with van der Waals surface area (Å²) in [4.78, 5) is 2.58. The van der Waals surface area contributed by atoms with Gasteiger partial charge < -0.3 is 15.0 Å². The van der Waals surface area contributed by atoms with E-state index in [0.717, 1.165) is 19.1 Å². The average Bonchev–Trinajstić information content (AvgIpc) is 2.20. The molecule has 0 bridgehead atoms. The molecule has 0 aromatic rings. The molecule has 90 valence electrons. The molecule has 0 unspecified atom stereocenters. The van der Waals surface area contributed by atoms with Gasteiger partial charge in [-0.1, -0.05) is 13.8 Å². The molecule has 0 saturated carbocycles. The molecular formula is C12H26N2O. The maximum atomic E-state index is 5.03. The smallest absolute Gasteiger partial charge is 0.0587 e. The van der Waals surface area contributed by atoms with Crippen LogP contribution in [0.2, 0.25) is 0 Å². The van der Waals surface area contributed by atoms with Crippen molar-refractivity contribution in [2.75, 3.05) is 39.9 Å². The Hall–Kier alpha value is -0.120. The Balaban J connectivity index is 2.07. The van der Waals surface area contributed by atoms with Gasteiger partial charge in [-0.2, -0.15) is 0 Å². The Morgan fingerprint density at radius 1 is 1.33 bits per heavy atom. The summed E-state index contributed by atoms with van der Waals surface area (Å²) in [5.74, 6) is 0.794. The number of rotatable bonds is 6. The first-order valence-electron chi connectivity index (χ1n) is 6.17. The largest absolute Gasteiger partial charge is 0.383 e. The molecule has 0 aliphatic carbocycles. The molecule has 0 amide bonds. The lowest BCUT2D eigenvalue weighted by atomic mass is 10.0. The van der Waals surface area contributed by atoms with Crippen LogP contribution in [0.3, 0.4) is 0 Å². The van der Waals surface area contributed by atoms with Crippen LogP contribution in [0.15, 0.2) is 0 Å². The van der Waals surface area contributed by atoms with Crippen LogP contribution in [0.1, 0.15) is 26.7 Å². The SMILES string of the molecule is COCCNC1CCN(CC(C)C)CC1. The standard InChI is InChI=1S/C12H26N2O/c1-11(2)10-14-7-4-12(5-8-14)13-6-9-15-3/h11-13H,4-10H2,1-3H3. The second-order valence-electron chi connectivity index (χ2n) is 4.92. The highest BCUT2D eigenvalue weighted by atomic mass is 16.5. The van der Waals surface area contributed by atoms with E-state index in [1.807, 2.05) is 0 Å². The summed E-state index contributed by atoms with van der Waals surface area (Å²) >= 11 is 0. The van der Waals surface area contributed by atoms with Gasteiger partial charge in [0.15, 0.2) is 0 Å². The molecule has 1 aliphatic heterocycles. The predicted molar refractivity (Wildman–Crippen MR) is 64.2 cm³/mol. The number of hydrogen-bond donors (Lipinski definition) is 1. The third-order valence-corrected chi connectivity index (χ3v) is 2.95. The number of nitrogens with zero attached hydrogens (tertiary/aromatic N) is 1. The molecule has 1 saturated heterocycles. The zero-order valence-corrected chi connectivity index (χ0v) is 10.5.